The van der Waals surface area contributed by atoms with Gasteiger partial charge in [0.15, 0.2) is 0 Å². The van der Waals surface area contributed by atoms with Crippen molar-refractivity contribution in [3.63, 3.8) is 0 Å². The number of benzene rings is 2. The molecule has 0 atom stereocenters. The lowest BCUT2D eigenvalue weighted by molar-refractivity contribution is 0.881. The van der Waals surface area contributed by atoms with Crippen LogP contribution in [0.5, 0.6) is 0 Å². The summed E-state index contributed by atoms with van der Waals surface area (Å²) in [6, 6.07) is 15.9. The number of hydrogen-bond donors (Lipinski definition) is 1. The van der Waals surface area contributed by atoms with Crippen LogP contribution in [0.25, 0.3) is 16.8 Å². The minimum atomic E-state index is 0.430. The average molecular weight is 284 g/mol. The SMILES string of the molecule is NCc1cc(-c2cnn(-c3ccccc3)c2)ccc1Cl. The highest BCUT2D eigenvalue weighted by Gasteiger charge is 2.06. The Morgan fingerprint density at radius 3 is 2.60 bits per heavy atom. The molecule has 100 valence electrons. The van der Waals surface area contributed by atoms with E-state index >= 15 is 0 Å². The first kappa shape index (κ1) is 12.9. The normalized spacial score (nSPS) is 10.7. The molecular formula is C16H14ClN3. The summed E-state index contributed by atoms with van der Waals surface area (Å²) < 4.78 is 1.85. The van der Waals surface area contributed by atoms with Gasteiger partial charge >= 0.3 is 0 Å². The highest BCUT2D eigenvalue weighted by molar-refractivity contribution is 6.31. The molecule has 3 aromatic rings. The summed E-state index contributed by atoms with van der Waals surface area (Å²) in [6.45, 7) is 0.430. The first-order valence-electron chi connectivity index (χ1n) is 6.37. The van der Waals surface area contributed by atoms with E-state index in [0.29, 0.717) is 11.6 Å². The first-order chi connectivity index (χ1) is 9.78. The van der Waals surface area contributed by atoms with Gasteiger partial charge in [0, 0.05) is 23.3 Å². The number of halogens is 1. The molecule has 0 aliphatic heterocycles. The molecule has 20 heavy (non-hydrogen) atoms. The Hall–Kier alpha value is -2.10. The average Bonchev–Trinajstić information content (AvgIpc) is 2.98. The quantitative estimate of drug-likeness (QED) is 0.797. The van der Waals surface area contributed by atoms with Crippen LogP contribution in [0.3, 0.4) is 0 Å². The summed E-state index contributed by atoms with van der Waals surface area (Å²) in [6.07, 6.45) is 3.84. The van der Waals surface area contributed by atoms with E-state index in [1.165, 1.54) is 0 Å². The molecule has 2 aromatic carbocycles. The van der Waals surface area contributed by atoms with Crippen LogP contribution in [-0.2, 0) is 6.54 Å². The molecule has 0 amide bonds. The first-order valence-corrected chi connectivity index (χ1v) is 6.74. The van der Waals surface area contributed by atoms with Gasteiger partial charge in [-0.1, -0.05) is 35.9 Å². The topological polar surface area (TPSA) is 43.8 Å². The Kier molecular flexibility index (Phi) is 3.54. The summed E-state index contributed by atoms with van der Waals surface area (Å²) in [4.78, 5) is 0. The Balaban J connectivity index is 1.98. The van der Waals surface area contributed by atoms with Crippen LogP contribution in [-0.4, -0.2) is 9.78 Å². The fourth-order valence-corrected chi connectivity index (χ4v) is 2.30. The molecule has 0 aliphatic carbocycles. The van der Waals surface area contributed by atoms with E-state index in [1.54, 1.807) is 0 Å². The molecule has 0 saturated carbocycles. The third-order valence-corrected chi connectivity index (χ3v) is 3.57. The van der Waals surface area contributed by atoms with E-state index in [0.717, 1.165) is 22.4 Å². The fraction of sp³-hybridized carbons (Fsp3) is 0.0625. The number of hydrogen-bond acceptors (Lipinski definition) is 2. The molecule has 0 saturated heterocycles. The maximum Gasteiger partial charge on any atom is 0.0645 e. The number of nitrogens with two attached hydrogens (primary N) is 1. The van der Waals surface area contributed by atoms with Gasteiger partial charge in [0.05, 0.1) is 11.9 Å². The standard InChI is InChI=1S/C16H14ClN3/c17-16-7-6-12(8-13(16)9-18)14-10-19-20(11-14)15-4-2-1-3-5-15/h1-8,10-11H,9,18H2. The molecule has 3 nitrogen and oxygen atoms in total. The zero-order chi connectivity index (χ0) is 13.9. The van der Waals surface area contributed by atoms with Crippen LogP contribution in [0.2, 0.25) is 5.02 Å². The van der Waals surface area contributed by atoms with Crippen molar-refractivity contribution in [3.8, 4) is 16.8 Å². The molecule has 1 heterocycles. The second-order valence-corrected chi connectivity index (χ2v) is 4.93. The van der Waals surface area contributed by atoms with Gasteiger partial charge < -0.3 is 5.73 Å². The summed E-state index contributed by atoms with van der Waals surface area (Å²) >= 11 is 6.08. The van der Waals surface area contributed by atoms with Crippen molar-refractivity contribution in [1.82, 2.24) is 9.78 Å². The molecule has 0 aliphatic rings. The van der Waals surface area contributed by atoms with E-state index in [9.17, 15) is 0 Å². The molecule has 0 bridgehead atoms. The van der Waals surface area contributed by atoms with Crippen LogP contribution in [0.15, 0.2) is 60.9 Å². The zero-order valence-electron chi connectivity index (χ0n) is 10.8. The van der Waals surface area contributed by atoms with Crippen LogP contribution in [0, 0.1) is 0 Å². The third kappa shape index (κ3) is 2.46. The number of nitrogens with zero attached hydrogens (tertiary/aromatic N) is 2. The summed E-state index contributed by atoms with van der Waals surface area (Å²) in [5, 5.41) is 5.09. The van der Waals surface area contributed by atoms with Crippen LogP contribution in [0.4, 0.5) is 0 Å². The lowest BCUT2D eigenvalue weighted by Crippen LogP contribution is -1.97. The van der Waals surface area contributed by atoms with Gasteiger partial charge in [0.25, 0.3) is 0 Å². The second kappa shape index (κ2) is 5.49. The molecule has 4 heteroatoms. The van der Waals surface area contributed by atoms with Crippen LogP contribution in [0.1, 0.15) is 5.56 Å². The summed E-state index contributed by atoms with van der Waals surface area (Å²) in [7, 11) is 0. The third-order valence-electron chi connectivity index (χ3n) is 3.20. The van der Waals surface area contributed by atoms with Crippen molar-refractivity contribution < 1.29 is 0 Å². The Morgan fingerprint density at radius 1 is 1.05 bits per heavy atom. The van der Waals surface area contributed by atoms with Gasteiger partial charge in [-0.05, 0) is 35.4 Å². The molecule has 0 unspecified atom stereocenters. The van der Waals surface area contributed by atoms with E-state index < -0.39 is 0 Å². The minimum Gasteiger partial charge on any atom is -0.326 e. The predicted molar refractivity (Wildman–Crippen MR) is 81.9 cm³/mol. The maximum absolute atomic E-state index is 6.08. The lowest BCUT2D eigenvalue weighted by Gasteiger charge is -2.04. The van der Waals surface area contributed by atoms with E-state index in [2.05, 4.69) is 5.10 Å². The van der Waals surface area contributed by atoms with Gasteiger partial charge in [-0.2, -0.15) is 5.10 Å². The largest absolute Gasteiger partial charge is 0.326 e. The fourth-order valence-electron chi connectivity index (χ4n) is 2.10. The maximum atomic E-state index is 6.08. The minimum absolute atomic E-state index is 0.430. The van der Waals surface area contributed by atoms with Gasteiger partial charge in [0.1, 0.15) is 0 Å². The van der Waals surface area contributed by atoms with Crippen molar-refractivity contribution in [3.05, 3.63) is 71.5 Å². The molecule has 0 radical (unpaired) electrons. The molecular weight excluding hydrogens is 270 g/mol. The molecule has 1 aromatic heterocycles. The van der Waals surface area contributed by atoms with Crippen molar-refractivity contribution in [2.75, 3.05) is 0 Å². The van der Waals surface area contributed by atoms with Crippen molar-refractivity contribution in [2.45, 2.75) is 6.54 Å². The second-order valence-electron chi connectivity index (χ2n) is 4.52. The zero-order valence-corrected chi connectivity index (χ0v) is 11.6. The highest BCUT2D eigenvalue weighted by Crippen LogP contribution is 2.25. The Morgan fingerprint density at radius 2 is 1.85 bits per heavy atom. The molecule has 0 spiro atoms. The van der Waals surface area contributed by atoms with E-state index in [4.69, 9.17) is 17.3 Å². The van der Waals surface area contributed by atoms with Gasteiger partial charge in [0.2, 0.25) is 0 Å². The smallest absolute Gasteiger partial charge is 0.0645 e. The Bertz CT molecular complexity index is 720. The molecule has 2 N–H and O–H groups in total. The Labute approximate surface area is 122 Å². The van der Waals surface area contributed by atoms with Crippen molar-refractivity contribution in [2.24, 2.45) is 5.73 Å². The summed E-state index contributed by atoms with van der Waals surface area (Å²) in [5.74, 6) is 0. The van der Waals surface area contributed by atoms with Gasteiger partial charge in [-0.3, -0.25) is 0 Å². The van der Waals surface area contributed by atoms with Gasteiger partial charge in [-0.25, -0.2) is 4.68 Å². The monoisotopic (exact) mass is 283 g/mol. The van der Waals surface area contributed by atoms with Crippen LogP contribution >= 0.6 is 11.6 Å². The predicted octanol–water partition coefficient (Wildman–Crippen LogP) is 3.65. The van der Waals surface area contributed by atoms with Crippen LogP contribution < -0.4 is 5.73 Å². The number of para-hydroxylation sites is 1. The lowest BCUT2D eigenvalue weighted by atomic mass is 10.1. The highest BCUT2D eigenvalue weighted by atomic mass is 35.5. The number of rotatable bonds is 3. The van der Waals surface area contributed by atoms with Gasteiger partial charge in [-0.15, -0.1) is 0 Å². The van der Waals surface area contributed by atoms with Crippen molar-refractivity contribution in [1.29, 1.82) is 0 Å². The van der Waals surface area contributed by atoms with E-state index in [1.807, 2.05) is 65.6 Å². The van der Waals surface area contributed by atoms with E-state index in [-0.39, 0.29) is 0 Å². The molecule has 0 fully saturated rings. The van der Waals surface area contributed by atoms with Crippen molar-refractivity contribution >= 4 is 11.6 Å². The molecule has 3 rings (SSSR count). The number of aromatic nitrogens is 2. The summed E-state index contributed by atoms with van der Waals surface area (Å²) in [5.41, 5.74) is 9.77.